The van der Waals surface area contributed by atoms with Crippen LogP contribution in [0.2, 0.25) is 0 Å². The van der Waals surface area contributed by atoms with Crippen LogP contribution in [0, 0.1) is 0 Å². The van der Waals surface area contributed by atoms with Gasteiger partial charge in [-0.25, -0.2) is 0 Å². The number of rotatable bonds is 3. The third-order valence-corrected chi connectivity index (χ3v) is 2.77. The minimum Gasteiger partial charge on any atom is -0.0973 e. The molecule has 0 aromatic carbocycles. The number of hydrogen-bond acceptors (Lipinski definition) is 2. The Morgan fingerprint density at radius 3 is 2.62 bits per heavy atom. The van der Waals surface area contributed by atoms with Crippen molar-refractivity contribution in [2.24, 2.45) is 0 Å². The fourth-order valence-electron chi connectivity index (χ4n) is 0.235. The van der Waals surface area contributed by atoms with Crippen LogP contribution in [0.5, 0.6) is 0 Å². The van der Waals surface area contributed by atoms with Gasteiger partial charge in [0.1, 0.15) is 0 Å². The first-order valence-electron chi connectivity index (χ1n) is 2.58. The van der Waals surface area contributed by atoms with Crippen molar-refractivity contribution in [1.29, 1.82) is 0 Å². The summed E-state index contributed by atoms with van der Waals surface area (Å²) in [4.78, 5) is 0. The van der Waals surface area contributed by atoms with Crippen molar-refractivity contribution in [3.05, 3.63) is 11.6 Å². The van der Waals surface area contributed by atoms with Crippen molar-refractivity contribution in [2.75, 3.05) is 12.0 Å². The molecule has 0 aromatic rings. The molecule has 0 amide bonds. The molecule has 48 valence electrons. The minimum absolute atomic E-state index is 1.16. The van der Waals surface area contributed by atoms with E-state index in [-0.39, 0.29) is 0 Å². The number of hydrogen-bond donors (Lipinski definition) is 0. The van der Waals surface area contributed by atoms with E-state index in [9.17, 15) is 0 Å². The maximum absolute atomic E-state index is 2.16. The van der Waals surface area contributed by atoms with E-state index >= 15 is 0 Å². The van der Waals surface area contributed by atoms with Gasteiger partial charge in [-0.1, -0.05) is 33.2 Å². The van der Waals surface area contributed by atoms with Gasteiger partial charge in [-0.2, -0.15) is 0 Å². The lowest BCUT2D eigenvalue weighted by molar-refractivity contribution is 1.38. The van der Waals surface area contributed by atoms with E-state index in [4.69, 9.17) is 0 Å². The van der Waals surface area contributed by atoms with Crippen molar-refractivity contribution < 1.29 is 0 Å². The Labute approximate surface area is 59.5 Å². The van der Waals surface area contributed by atoms with Crippen LogP contribution < -0.4 is 0 Å². The normalized spacial score (nSPS) is 12.1. The molecule has 0 fully saturated rings. The van der Waals surface area contributed by atoms with Gasteiger partial charge in [-0.15, -0.1) is 0 Å². The summed E-state index contributed by atoms with van der Waals surface area (Å²) in [6, 6.07) is 0. The Morgan fingerprint density at radius 2 is 2.25 bits per heavy atom. The predicted octanol–water partition coefficient (Wildman–Crippen LogP) is 2.96. The summed E-state index contributed by atoms with van der Waals surface area (Å²) in [6.45, 7) is 4.24. The maximum Gasteiger partial charge on any atom is 0.0244 e. The first-order valence-corrected chi connectivity index (χ1v) is 5.31. The summed E-state index contributed by atoms with van der Waals surface area (Å²) >= 11 is 0. The summed E-state index contributed by atoms with van der Waals surface area (Å²) in [5, 5.41) is 0. The summed E-state index contributed by atoms with van der Waals surface area (Å²) in [5.41, 5.74) is 1.46. The number of allylic oxidation sites excluding steroid dienone is 1. The first kappa shape index (κ1) is 8.44. The molecule has 8 heavy (non-hydrogen) atoms. The summed E-state index contributed by atoms with van der Waals surface area (Å²) in [5.74, 6) is 1.16. The molecule has 0 atom stereocenters. The summed E-state index contributed by atoms with van der Waals surface area (Å²) < 4.78 is 0. The van der Waals surface area contributed by atoms with E-state index in [1.165, 1.54) is 5.57 Å². The highest BCUT2D eigenvalue weighted by molar-refractivity contribution is 8.76. The lowest BCUT2D eigenvalue weighted by atomic mass is 10.3. The van der Waals surface area contributed by atoms with E-state index in [0.717, 1.165) is 5.75 Å². The second-order valence-electron chi connectivity index (χ2n) is 1.56. The van der Waals surface area contributed by atoms with Crippen LogP contribution in [0.4, 0.5) is 0 Å². The van der Waals surface area contributed by atoms with Gasteiger partial charge >= 0.3 is 0 Å². The molecule has 0 heterocycles. The average molecular weight is 148 g/mol. The molecule has 0 nitrogen and oxygen atoms in total. The van der Waals surface area contributed by atoms with Crippen molar-refractivity contribution in [1.82, 2.24) is 0 Å². The topological polar surface area (TPSA) is 0 Å². The maximum atomic E-state index is 2.16. The van der Waals surface area contributed by atoms with Crippen LogP contribution in [0.15, 0.2) is 11.6 Å². The molecule has 0 unspecified atom stereocenters. The van der Waals surface area contributed by atoms with Gasteiger partial charge in [0.25, 0.3) is 0 Å². The largest absolute Gasteiger partial charge is 0.0973 e. The molecule has 0 saturated carbocycles. The second-order valence-corrected chi connectivity index (χ2v) is 4.13. The molecular formula is C6H12S2. The van der Waals surface area contributed by atoms with Crippen molar-refractivity contribution >= 4 is 21.6 Å². The van der Waals surface area contributed by atoms with Gasteiger partial charge in [-0.05, 0) is 20.1 Å². The first-order chi connectivity index (χ1) is 3.81. The summed E-state index contributed by atoms with van der Waals surface area (Å²) in [6.07, 6.45) is 4.26. The lowest BCUT2D eigenvalue weighted by Gasteiger charge is -1.93. The smallest absolute Gasteiger partial charge is 0.0244 e. The Balaban J connectivity index is 3.12. The second kappa shape index (κ2) is 5.57. The van der Waals surface area contributed by atoms with Crippen LogP contribution in [0.25, 0.3) is 0 Å². The molecule has 2 heteroatoms. The molecule has 0 aromatic heterocycles. The van der Waals surface area contributed by atoms with Crippen molar-refractivity contribution in [3.8, 4) is 0 Å². The van der Waals surface area contributed by atoms with Crippen LogP contribution in [-0.2, 0) is 0 Å². The molecule has 0 N–H and O–H groups in total. The Kier molecular flexibility index (Phi) is 5.88. The van der Waals surface area contributed by atoms with E-state index in [0.29, 0.717) is 0 Å². The van der Waals surface area contributed by atoms with E-state index in [2.05, 4.69) is 26.2 Å². The van der Waals surface area contributed by atoms with Gasteiger partial charge in [0.15, 0.2) is 0 Å². The van der Waals surface area contributed by atoms with Crippen molar-refractivity contribution in [2.45, 2.75) is 13.8 Å². The quantitative estimate of drug-likeness (QED) is 0.446. The van der Waals surface area contributed by atoms with Gasteiger partial charge < -0.3 is 0 Å². The molecular weight excluding hydrogens is 136 g/mol. The molecule has 0 aliphatic heterocycles. The molecule has 0 aliphatic rings. The van der Waals surface area contributed by atoms with E-state index in [1.54, 1.807) is 0 Å². The fourth-order valence-corrected chi connectivity index (χ4v) is 1.62. The van der Waals surface area contributed by atoms with Crippen LogP contribution >= 0.6 is 21.6 Å². The average Bonchev–Trinajstić information content (AvgIpc) is 1.83. The Hall–Kier alpha value is 0.440. The minimum atomic E-state index is 1.16. The Bertz CT molecular complexity index is 76.6. The molecule has 0 rings (SSSR count). The van der Waals surface area contributed by atoms with E-state index < -0.39 is 0 Å². The highest BCUT2D eigenvalue weighted by Crippen LogP contribution is 2.19. The molecule has 0 spiro atoms. The zero-order valence-corrected chi connectivity index (χ0v) is 7.23. The molecule has 0 saturated heterocycles. The zero-order chi connectivity index (χ0) is 6.41. The van der Waals surface area contributed by atoms with Gasteiger partial charge in [-0.3, -0.25) is 0 Å². The molecule has 0 bridgehead atoms. The van der Waals surface area contributed by atoms with Crippen LogP contribution in [0.3, 0.4) is 0 Å². The lowest BCUT2D eigenvalue weighted by Crippen LogP contribution is -1.74. The van der Waals surface area contributed by atoms with Gasteiger partial charge in [0.05, 0.1) is 0 Å². The zero-order valence-electron chi connectivity index (χ0n) is 5.60. The van der Waals surface area contributed by atoms with E-state index in [1.807, 2.05) is 21.6 Å². The standard InChI is InChI=1S/C6H12S2/c1-4-6(2)5-8-7-3/h4H,5H2,1-3H3. The molecule has 0 radical (unpaired) electrons. The van der Waals surface area contributed by atoms with Crippen LogP contribution in [-0.4, -0.2) is 12.0 Å². The molecule has 0 aliphatic carbocycles. The monoisotopic (exact) mass is 148 g/mol. The summed E-state index contributed by atoms with van der Waals surface area (Å²) in [7, 11) is 3.71. The SMILES string of the molecule is CC=C(C)CSSC. The van der Waals surface area contributed by atoms with Crippen LogP contribution in [0.1, 0.15) is 13.8 Å². The highest BCUT2D eigenvalue weighted by Gasteiger charge is 1.84. The van der Waals surface area contributed by atoms with Crippen molar-refractivity contribution in [3.63, 3.8) is 0 Å². The third-order valence-electron chi connectivity index (χ3n) is 0.897. The Morgan fingerprint density at radius 1 is 1.62 bits per heavy atom. The van der Waals surface area contributed by atoms with Gasteiger partial charge in [0.2, 0.25) is 0 Å². The third kappa shape index (κ3) is 4.60. The highest BCUT2D eigenvalue weighted by atomic mass is 33.1. The van der Waals surface area contributed by atoms with Gasteiger partial charge in [0, 0.05) is 5.75 Å². The predicted molar refractivity (Wildman–Crippen MR) is 45.4 cm³/mol. The fraction of sp³-hybridized carbons (Fsp3) is 0.667.